The molecule has 0 spiro atoms. The Morgan fingerprint density at radius 3 is 3.07 bits per heavy atom. The summed E-state index contributed by atoms with van der Waals surface area (Å²) < 4.78 is 1.74. The van der Waals surface area contributed by atoms with Crippen molar-refractivity contribution < 1.29 is 4.79 Å². The predicted molar refractivity (Wildman–Crippen MR) is 53.6 cm³/mol. The molecule has 2 heterocycles. The van der Waals surface area contributed by atoms with E-state index >= 15 is 0 Å². The van der Waals surface area contributed by atoms with E-state index in [2.05, 4.69) is 10.1 Å². The van der Waals surface area contributed by atoms with Gasteiger partial charge in [-0.2, -0.15) is 5.10 Å². The molecule has 2 aromatic rings. The number of carbonyl (C=O) groups excluding carboxylic acids is 1. The third kappa shape index (κ3) is 1.72. The summed E-state index contributed by atoms with van der Waals surface area (Å²) in [4.78, 5) is 16.3. The van der Waals surface area contributed by atoms with Gasteiger partial charge in [-0.15, -0.1) is 11.3 Å². The molecule has 0 atom stereocenters. The molecule has 0 aliphatic carbocycles. The minimum atomic E-state index is 0.677. The molecule has 0 N–H and O–H groups in total. The van der Waals surface area contributed by atoms with E-state index in [1.165, 1.54) is 17.7 Å². The summed E-state index contributed by atoms with van der Waals surface area (Å²) in [5.41, 5.74) is 1.13. The molecule has 0 unspecified atom stereocenters. The lowest BCUT2D eigenvalue weighted by Crippen LogP contribution is -1.99. The summed E-state index contributed by atoms with van der Waals surface area (Å²) in [5, 5.41) is 4.01. The lowest BCUT2D eigenvalue weighted by Gasteiger charge is -1.98. The fourth-order valence-electron chi connectivity index (χ4n) is 1.25. The van der Waals surface area contributed by atoms with Gasteiger partial charge in [0, 0.05) is 4.88 Å². The Balaban J connectivity index is 2.24. The number of aldehydes is 1. The second-order valence-corrected chi connectivity index (χ2v) is 4.23. The number of rotatable bonds is 3. The van der Waals surface area contributed by atoms with Crippen LogP contribution < -0.4 is 0 Å². The average molecular weight is 207 g/mol. The van der Waals surface area contributed by atoms with E-state index in [9.17, 15) is 4.79 Å². The minimum absolute atomic E-state index is 0.677. The molecule has 72 valence electrons. The lowest BCUT2D eigenvalue weighted by atomic mass is 10.2. The second kappa shape index (κ2) is 3.71. The van der Waals surface area contributed by atoms with Crippen LogP contribution in [0.3, 0.4) is 0 Å². The zero-order valence-corrected chi connectivity index (χ0v) is 8.49. The van der Waals surface area contributed by atoms with Gasteiger partial charge in [0.2, 0.25) is 0 Å². The number of aryl methyl sites for hydroxylation is 1. The van der Waals surface area contributed by atoms with E-state index < -0.39 is 0 Å². The highest BCUT2D eigenvalue weighted by molar-refractivity contribution is 7.13. The van der Waals surface area contributed by atoms with E-state index in [0.29, 0.717) is 6.54 Å². The van der Waals surface area contributed by atoms with Crippen molar-refractivity contribution in [2.75, 3.05) is 0 Å². The Labute approximate surface area is 85.2 Å². The summed E-state index contributed by atoms with van der Waals surface area (Å²) in [7, 11) is 0. The highest BCUT2D eigenvalue weighted by Gasteiger charge is 2.05. The van der Waals surface area contributed by atoms with Crippen molar-refractivity contribution >= 4 is 17.6 Å². The van der Waals surface area contributed by atoms with Crippen LogP contribution in [0.25, 0.3) is 0 Å². The summed E-state index contributed by atoms with van der Waals surface area (Å²) >= 11 is 1.51. The maximum absolute atomic E-state index is 10.6. The van der Waals surface area contributed by atoms with Crippen molar-refractivity contribution in [1.29, 1.82) is 0 Å². The Morgan fingerprint density at radius 2 is 2.50 bits per heavy atom. The van der Waals surface area contributed by atoms with Gasteiger partial charge in [-0.25, -0.2) is 9.67 Å². The average Bonchev–Trinajstić information content (AvgIpc) is 2.78. The molecule has 0 fully saturated rings. The molecule has 5 heteroatoms. The first kappa shape index (κ1) is 9.08. The monoisotopic (exact) mass is 207 g/mol. The molecule has 0 bridgehead atoms. The van der Waals surface area contributed by atoms with Crippen LogP contribution in [0, 0.1) is 6.92 Å². The van der Waals surface area contributed by atoms with Gasteiger partial charge in [0.05, 0.1) is 11.4 Å². The van der Waals surface area contributed by atoms with Crippen LogP contribution in [-0.2, 0) is 6.54 Å². The molecule has 0 saturated heterocycles. The number of hydrogen-bond donors (Lipinski definition) is 0. The Morgan fingerprint density at radius 1 is 1.64 bits per heavy atom. The third-order valence-electron chi connectivity index (χ3n) is 1.95. The topological polar surface area (TPSA) is 47.8 Å². The van der Waals surface area contributed by atoms with Crippen molar-refractivity contribution in [2.24, 2.45) is 0 Å². The Kier molecular flexibility index (Phi) is 2.41. The lowest BCUT2D eigenvalue weighted by molar-refractivity contribution is 0.112. The first-order chi connectivity index (χ1) is 6.79. The van der Waals surface area contributed by atoms with Gasteiger partial charge in [-0.1, -0.05) is 0 Å². The van der Waals surface area contributed by atoms with E-state index in [1.54, 1.807) is 11.0 Å². The van der Waals surface area contributed by atoms with Gasteiger partial charge >= 0.3 is 0 Å². The number of carbonyl (C=O) groups is 1. The minimum Gasteiger partial charge on any atom is -0.297 e. The van der Waals surface area contributed by atoms with Crippen LogP contribution in [-0.4, -0.2) is 21.1 Å². The largest absolute Gasteiger partial charge is 0.297 e. The first-order valence-electron chi connectivity index (χ1n) is 4.16. The normalized spacial score (nSPS) is 10.4. The highest BCUT2D eigenvalue weighted by atomic mass is 32.1. The SMILES string of the molecule is Cc1sc(C=O)cc1Cn1cncn1. The van der Waals surface area contributed by atoms with Crippen LogP contribution >= 0.6 is 11.3 Å². The van der Waals surface area contributed by atoms with Crippen LogP contribution in [0.2, 0.25) is 0 Å². The van der Waals surface area contributed by atoms with Crippen molar-refractivity contribution in [2.45, 2.75) is 13.5 Å². The van der Waals surface area contributed by atoms with E-state index in [4.69, 9.17) is 0 Å². The van der Waals surface area contributed by atoms with E-state index in [1.807, 2.05) is 13.0 Å². The Bertz CT molecular complexity index is 433. The van der Waals surface area contributed by atoms with Crippen molar-refractivity contribution in [3.05, 3.63) is 34.0 Å². The molecular formula is C9H9N3OS. The fraction of sp³-hybridized carbons (Fsp3) is 0.222. The summed E-state index contributed by atoms with van der Waals surface area (Å²) in [6, 6.07) is 1.90. The molecule has 4 nitrogen and oxygen atoms in total. The highest BCUT2D eigenvalue weighted by Crippen LogP contribution is 2.20. The Hall–Kier alpha value is -1.49. The molecular weight excluding hydrogens is 198 g/mol. The number of nitrogens with zero attached hydrogens (tertiary/aromatic N) is 3. The standard InChI is InChI=1S/C9H9N3OS/c1-7-8(2-9(4-13)14-7)3-12-6-10-5-11-12/h2,4-6H,3H2,1H3. The van der Waals surface area contributed by atoms with Crippen LogP contribution in [0.5, 0.6) is 0 Å². The predicted octanol–water partition coefficient (Wildman–Crippen LogP) is 1.51. The smallest absolute Gasteiger partial charge is 0.160 e. The second-order valence-electron chi connectivity index (χ2n) is 2.94. The van der Waals surface area contributed by atoms with Gasteiger partial charge in [-0.3, -0.25) is 4.79 Å². The molecule has 0 aliphatic rings. The van der Waals surface area contributed by atoms with Gasteiger partial charge < -0.3 is 0 Å². The summed E-state index contributed by atoms with van der Waals surface area (Å²) in [5.74, 6) is 0. The molecule has 2 aromatic heterocycles. The van der Waals surface area contributed by atoms with Gasteiger partial charge in [0.25, 0.3) is 0 Å². The van der Waals surface area contributed by atoms with Crippen LogP contribution in [0.15, 0.2) is 18.7 Å². The third-order valence-corrected chi connectivity index (χ3v) is 2.97. The number of thiophene rings is 1. The maximum atomic E-state index is 10.6. The molecule has 0 aliphatic heterocycles. The molecule has 14 heavy (non-hydrogen) atoms. The van der Waals surface area contributed by atoms with Gasteiger partial charge in [-0.05, 0) is 18.6 Å². The van der Waals surface area contributed by atoms with Crippen LogP contribution in [0.1, 0.15) is 20.1 Å². The molecule has 0 amide bonds. The van der Waals surface area contributed by atoms with Crippen molar-refractivity contribution in [3.63, 3.8) is 0 Å². The summed E-state index contributed by atoms with van der Waals surface area (Å²) in [6.07, 6.45) is 4.04. The van der Waals surface area contributed by atoms with Gasteiger partial charge in [0.1, 0.15) is 12.7 Å². The fourth-order valence-corrected chi connectivity index (χ4v) is 2.11. The zero-order chi connectivity index (χ0) is 9.97. The molecule has 2 rings (SSSR count). The van der Waals surface area contributed by atoms with E-state index in [-0.39, 0.29) is 0 Å². The number of aromatic nitrogens is 3. The maximum Gasteiger partial charge on any atom is 0.160 e. The molecule has 0 aromatic carbocycles. The summed E-state index contributed by atoms with van der Waals surface area (Å²) in [6.45, 7) is 2.68. The quantitative estimate of drug-likeness (QED) is 0.717. The number of hydrogen-bond acceptors (Lipinski definition) is 4. The van der Waals surface area contributed by atoms with Crippen LogP contribution in [0.4, 0.5) is 0 Å². The van der Waals surface area contributed by atoms with Gasteiger partial charge in [0.15, 0.2) is 6.29 Å². The zero-order valence-electron chi connectivity index (χ0n) is 7.67. The van der Waals surface area contributed by atoms with Crippen molar-refractivity contribution in [1.82, 2.24) is 14.8 Å². The molecule has 0 saturated carbocycles. The van der Waals surface area contributed by atoms with E-state index in [0.717, 1.165) is 21.6 Å². The first-order valence-corrected chi connectivity index (χ1v) is 4.98. The van der Waals surface area contributed by atoms with Crippen molar-refractivity contribution in [3.8, 4) is 0 Å². The molecule has 0 radical (unpaired) electrons.